The zero-order valence-corrected chi connectivity index (χ0v) is 9.08. The molecule has 0 bridgehead atoms. The van der Waals surface area contributed by atoms with E-state index in [4.69, 9.17) is 4.74 Å². The van der Waals surface area contributed by atoms with Crippen molar-refractivity contribution in [1.82, 2.24) is 4.98 Å². The molecular formula is C11H18N2O. The highest BCUT2D eigenvalue weighted by atomic mass is 16.5. The summed E-state index contributed by atoms with van der Waals surface area (Å²) >= 11 is 0. The number of hydrogen-bond acceptors (Lipinski definition) is 3. The Labute approximate surface area is 85.5 Å². The zero-order chi connectivity index (χ0) is 10.4. The van der Waals surface area contributed by atoms with Crippen molar-refractivity contribution in [2.45, 2.75) is 20.8 Å². The average molecular weight is 194 g/mol. The molecule has 0 saturated heterocycles. The summed E-state index contributed by atoms with van der Waals surface area (Å²) in [6.07, 6.45) is 0. The third kappa shape index (κ3) is 3.64. The predicted molar refractivity (Wildman–Crippen MR) is 58.7 cm³/mol. The van der Waals surface area contributed by atoms with Gasteiger partial charge in [-0.25, -0.2) is 0 Å². The first-order valence-corrected chi connectivity index (χ1v) is 5.06. The fourth-order valence-corrected chi connectivity index (χ4v) is 1.03. The maximum absolute atomic E-state index is 5.50. The summed E-state index contributed by atoms with van der Waals surface area (Å²) in [6.45, 7) is 7.87. The van der Waals surface area contributed by atoms with E-state index in [9.17, 15) is 0 Å². The number of rotatable bonds is 5. The van der Waals surface area contributed by atoms with E-state index in [1.54, 1.807) is 0 Å². The highest BCUT2D eigenvalue weighted by molar-refractivity contribution is 5.36. The highest BCUT2D eigenvalue weighted by Crippen LogP contribution is 2.11. The molecule has 0 radical (unpaired) electrons. The van der Waals surface area contributed by atoms with Crippen LogP contribution in [-0.2, 0) is 0 Å². The van der Waals surface area contributed by atoms with Crippen molar-refractivity contribution < 1.29 is 4.74 Å². The predicted octanol–water partition coefficient (Wildman–Crippen LogP) is 2.55. The summed E-state index contributed by atoms with van der Waals surface area (Å²) in [5, 5.41) is 3.14. The van der Waals surface area contributed by atoms with E-state index >= 15 is 0 Å². The van der Waals surface area contributed by atoms with Gasteiger partial charge in [-0.3, -0.25) is 0 Å². The Bertz CT molecular complexity index is 274. The van der Waals surface area contributed by atoms with Gasteiger partial charge in [-0.1, -0.05) is 19.9 Å². The lowest BCUT2D eigenvalue weighted by Gasteiger charge is -2.09. The Morgan fingerprint density at radius 2 is 2.21 bits per heavy atom. The minimum Gasteiger partial charge on any atom is -0.477 e. The van der Waals surface area contributed by atoms with Crippen molar-refractivity contribution in [1.29, 1.82) is 0 Å². The number of nitrogens with one attached hydrogen (secondary N) is 1. The topological polar surface area (TPSA) is 34.1 Å². The van der Waals surface area contributed by atoms with E-state index in [1.807, 2.05) is 25.1 Å². The second-order valence-corrected chi connectivity index (χ2v) is 3.60. The first kappa shape index (κ1) is 10.8. The molecule has 0 aliphatic heterocycles. The van der Waals surface area contributed by atoms with Crippen molar-refractivity contribution >= 4 is 5.82 Å². The van der Waals surface area contributed by atoms with E-state index < -0.39 is 0 Å². The Balaban J connectivity index is 2.54. The van der Waals surface area contributed by atoms with Crippen LogP contribution in [-0.4, -0.2) is 18.1 Å². The molecule has 78 valence electrons. The monoisotopic (exact) mass is 194 g/mol. The molecule has 1 rings (SSSR count). The van der Waals surface area contributed by atoms with Gasteiger partial charge in [0.25, 0.3) is 0 Å². The van der Waals surface area contributed by atoms with Gasteiger partial charge in [0.15, 0.2) is 0 Å². The van der Waals surface area contributed by atoms with Gasteiger partial charge < -0.3 is 10.1 Å². The van der Waals surface area contributed by atoms with Gasteiger partial charge in [0.05, 0.1) is 6.61 Å². The molecular weight excluding hydrogens is 176 g/mol. The fourth-order valence-electron chi connectivity index (χ4n) is 1.03. The Hall–Kier alpha value is -1.25. The van der Waals surface area contributed by atoms with Crippen LogP contribution in [0.5, 0.6) is 5.88 Å². The van der Waals surface area contributed by atoms with Crippen LogP contribution in [0.3, 0.4) is 0 Å². The molecule has 0 amide bonds. The molecule has 3 nitrogen and oxygen atoms in total. The Morgan fingerprint density at radius 1 is 1.43 bits per heavy atom. The molecule has 0 saturated carbocycles. The van der Waals surface area contributed by atoms with Crippen molar-refractivity contribution in [2.24, 2.45) is 5.92 Å². The molecule has 1 heterocycles. The van der Waals surface area contributed by atoms with Gasteiger partial charge in [0.1, 0.15) is 5.82 Å². The van der Waals surface area contributed by atoms with E-state index in [1.165, 1.54) is 0 Å². The number of aromatic nitrogens is 1. The summed E-state index contributed by atoms with van der Waals surface area (Å²) in [5.74, 6) is 2.09. The first-order chi connectivity index (χ1) is 6.72. The van der Waals surface area contributed by atoms with E-state index in [-0.39, 0.29) is 0 Å². The molecule has 1 aromatic rings. The molecule has 0 spiro atoms. The third-order valence-electron chi connectivity index (χ3n) is 1.65. The van der Waals surface area contributed by atoms with E-state index in [0.29, 0.717) is 18.4 Å². The van der Waals surface area contributed by atoms with Crippen LogP contribution in [0.1, 0.15) is 20.8 Å². The maximum Gasteiger partial charge on any atom is 0.215 e. The second-order valence-electron chi connectivity index (χ2n) is 3.60. The lowest BCUT2D eigenvalue weighted by Crippen LogP contribution is -2.06. The Morgan fingerprint density at radius 3 is 2.86 bits per heavy atom. The maximum atomic E-state index is 5.50. The summed E-state index contributed by atoms with van der Waals surface area (Å²) in [4.78, 5) is 4.30. The van der Waals surface area contributed by atoms with Crippen LogP contribution < -0.4 is 10.1 Å². The van der Waals surface area contributed by atoms with Gasteiger partial charge in [-0.15, -0.1) is 0 Å². The van der Waals surface area contributed by atoms with Gasteiger partial charge in [-0.2, -0.15) is 4.98 Å². The lowest BCUT2D eigenvalue weighted by molar-refractivity contribution is 0.261. The number of anilines is 1. The number of nitrogens with zero attached hydrogens (tertiary/aromatic N) is 1. The molecule has 14 heavy (non-hydrogen) atoms. The minimum absolute atomic E-state index is 0.527. The average Bonchev–Trinajstić information content (AvgIpc) is 2.16. The summed E-state index contributed by atoms with van der Waals surface area (Å²) in [7, 11) is 0. The molecule has 0 unspecified atom stereocenters. The van der Waals surface area contributed by atoms with Crippen LogP contribution >= 0.6 is 0 Å². The van der Waals surface area contributed by atoms with Crippen molar-refractivity contribution in [3.8, 4) is 5.88 Å². The number of hydrogen-bond donors (Lipinski definition) is 1. The van der Waals surface area contributed by atoms with Gasteiger partial charge in [0.2, 0.25) is 5.88 Å². The molecule has 0 fully saturated rings. The van der Waals surface area contributed by atoms with E-state index in [0.717, 1.165) is 12.4 Å². The van der Waals surface area contributed by atoms with Crippen molar-refractivity contribution in [2.75, 3.05) is 18.5 Å². The first-order valence-electron chi connectivity index (χ1n) is 5.06. The van der Waals surface area contributed by atoms with Crippen LogP contribution in [0.4, 0.5) is 5.82 Å². The molecule has 0 aromatic carbocycles. The van der Waals surface area contributed by atoms with Crippen LogP contribution in [0, 0.1) is 5.92 Å². The molecule has 0 aliphatic rings. The quantitative estimate of drug-likeness (QED) is 0.782. The molecule has 0 aliphatic carbocycles. The standard InChI is InChI=1S/C11H18N2O/c1-4-12-10-6-5-7-11(13-10)14-8-9(2)3/h5-7,9H,4,8H2,1-3H3,(H,12,13). The lowest BCUT2D eigenvalue weighted by atomic mass is 10.2. The zero-order valence-electron chi connectivity index (χ0n) is 9.08. The van der Waals surface area contributed by atoms with Gasteiger partial charge >= 0.3 is 0 Å². The molecule has 1 aromatic heterocycles. The highest BCUT2D eigenvalue weighted by Gasteiger charge is 1.99. The van der Waals surface area contributed by atoms with Gasteiger partial charge in [0, 0.05) is 12.6 Å². The SMILES string of the molecule is CCNc1cccc(OCC(C)C)n1. The largest absolute Gasteiger partial charge is 0.477 e. The van der Waals surface area contributed by atoms with Crippen LogP contribution in [0.2, 0.25) is 0 Å². The number of ether oxygens (including phenoxy) is 1. The molecule has 1 N–H and O–H groups in total. The third-order valence-corrected chi connectivity index (χ3v) is 1.65. The number of pyridine rings is 1. The van der Waals surface area contributed by atoms with Gasteiger partial charge in [-0.05, 0) is 18.9 Å². The summed E-state index contributed by atoms with van der Waals surface area (Å²) < 4.78 is 5.50. The summed E-state index contributed by atoms with van der Waals surface area (Å²) in [6, 6.07) is 5.76. The van der Waals surface area contributed by atoms with E-state index in [2.05, 4.69) is 24.1 Å². The normalized spacial score (nSPS) is 10.3. The van der Waals surface area contributed by atoms with Crippen LogP contribution in [0.25, 0.3) is 0 Å². The fraction of sp³-hybridized carbons (Fsp3) is 0.545. The smallest absolute Gasteiger partial charge is 0.215 e. The van der Waals surface area contributed by atoms with Crippen LogP contribution in [0.15, 0.2) is 18.2 Å². The van der Waals surface area contributed by atoms with Crippen molar-refractivity contribution in [3.63, 3.8) is 0 Å². The van der Waals surface area contributed by atoms with Crippen molar-refractivity contribution in [3.05, 3.63) is 18.2 Å². The minimum atomic E-state index is 0.527. The Kier molecular flexibility index (Phi) is 4.23. The second kappa shape index (κ2) is 5.47. The molecule has 3 heteroatoms. The summed E-state index contributed by atoms with van der Waals surface area (Å²) in [5.41, 5.74) is 0. The molecule has 0 atom stereocenters.